The van der Waals surface area contributed by atoms with Gasteiger partial charge in [0.1, 0.15) is 18.4 Å². The topological polar surface area (TPSA) is 80.3 Å². The molecule has 0 N–H and O–H groups in total. The smallest absolute Gasteiger partial charge is 0.220 e. The molecule has 8 nitrogen and oxygen atoms in total. The van der Waals surface area contributed by atoms with Crippen molar-refractivity contribution in [1.82, 2.24) is 29.5 Å². The van der Waals surface area contributed by atoms with Crippen molar-refractivity contribution in [3.05, 3.63) is 30.5 Å². The maximum absolute atomic E-state index is 12.1. The second-order valence-corrected chi connectivity index (χ2v) is 6.12. The molecule has 0 saturated carbocycles. The number of aromatic nitrogens is 4. The molecule has 1 fully saturated rings. The highest BCUT2D eigenvalue weighted by molar-refractivity contribution is 5.73. The minimum absolute atomic E-state index is 0.0642. The lowest BCUT2D eigenvalue weighted by atomic mass is 10.2. The van der Waals surface area contributed by atoms with Crippen molar-refractivity contribution in [2.45, 2.75) is 45.8 Å². The van der Waals surface area contributed by atoms with Crippen LogP contribution in [0.4, 0.5) is 0 Å². The van der Waals surface area contributed by atoms with Crippen molar-refractivity contribution in [3.8, 4) is 0 Å². The zero-order valence-corrected chi connectivity index (χ0v) is 14.3. The fraction of sp³-hybridized carbons (Fsp3) is 0.625. The maximum Gasteiger partial charge on any atom is 0.220 e. The number of nitrogens with zero attached hydrogens (tertiary/aromatic N) is 6. The molecule has 1 unspecified atom stereocenters. The summed E-state index contributed by atoms with van der Waals surface area (Å²) in [5.41, 5.74) is 0. The van der Waals surface area contributed by atoms with Crippen LogP contribution in [0.25, 0.3) is 0 Å². The van der Waals surface area contributed by atoms with Gasteiger partial charge in [-0.25, -0.2) is 9.97 Å². The minimum Gasteiger partial charge on any atom is -0.444 e. The molecule has 0 spiro atoms. The van der Waals surface area contributed by atoms with E-state index < -0.39 is 0 Å². The number of hydrogen-bond donors (Lipinski definition) is 0. The van der Waals surface area contributed by atoms with Gasteiger partial charge in [0, 0.05) is 39.0 Å². The van der Waals surface area contributed by atoms with E-state index in [0.29, 0.717) is 12.4 Å². The van der Waals surface area contributed by atoms with Crippen LogP contribution in [0.2, 0.25) is 0 Å². The molecule has 1 aliphatic heterocycles. The van der Waals surface area contributed by atoms with Crippen molar-refractivity contribution < 1.29 is 9.21 Å². The highest BCUT2D eigenvalue weighted by atomic mass is 16.4. The molecule has 130 valence electrons. The SMILES string of the molecule is CCc1cnc(CN(C(C)=O)C2CCN(CCn3cncn3)C2)o1. The summed E-state index contributed by atoms with van der Waals surface area (Å²) in [5.74, 6) is 1.53. The average molecular weight is 332 g/mol. The molecule has 0 aliphatic carbocycles. The van der Waals surface area contributed by atoms with Gasteiger partial charge in [-0.2, -0.15) is 5.10 Å². The molecule has 2 aromatic rings. The number of likely N-dealkylation sites (tertiary alicyclic amines) is 1. The van der Waals surface area contributed by atoms with Crippen molar-refractivity contribution in [3.63, 3.8) is 0 Å². The summed E-state index contributed by atoms with van der Waals surface area (Å²) in [5, 5.41) is 4.12. The van der Waals surface area contributed by atoms with Crippen LogP contribution in [0.5, 0.6) is 0 Å². The molecule has 1 saturated heterocycles. The maximum atomic E-state index is 12.1. The number of oxazole rings is 1. The predicted octanol–water partition coefficient (Wildman–Crippen LogP) is 0.951. The van der Waals surface area contributed by atoms with E-state index in [1.54, 1.807) is 25.8 Å². The van der Waals surface area contributed by atoms with Crippen LogP contribution in [0.15, 0.2) is 23.3 Å². The Morgan fingerprint density at radius 2 is 2.33 bits per heavy atom. The Bertz CT molecular complexity index is 653. The summed E-state index contributed by atoms with van der Waals surface area (Å²) in [6.07, 6.45) is 6.80. The highest BCUT2D eigenvalue weighted by Crippen LogP contribution is 2.19. The third-order valence-electron chi connectivity index (χ3n) is 4.46. The number of carbonyl (C=O) groups is 1. The Morgan fingerprint density at radius 3 is 3.00 bits per heavy atom. The van der Waals surface area contributed by atoms with E-state index in [2.05, 4.69) is 20.0 Å². The molecule has 1 amide bonds. The molecular formula is C16H24N6O2. The monoisotopic (exact) mass is 332 g/mol. The molecule has 24 heavy (non-hydrogen) atoms. The summed E-state index contributed by atoms with van der Waals surface area (Å²) in [6, 6.07) is 0.204. The number of hydrogen-bond acceptors (Lipinski definition) is 6. The molecular weight excluding hydrogens is 308 g/mol. The summed E-state index contributed by atoms with van der Waals surface area (Å²) in [6.45, 7) is 7.65. The Kier molecular flexibility index (Phi) is 5.24. The largest absolute Gasteiger partial charge is 0.444 e. The van der Waals surface area contributed by atoms with Crippen molar-refractivity contribution in [2.24, 2.45) is 0 Å². The predicted molar refractivity (Wildman–Crippen MR) is 87.0 cm³/mol. The molecule has 3 heterocycles. The van der Waals surface area contributed by atoms with E-state index in [4.69, 9.17) is 4.42 Å². The normalized spacial score (nSPS) is 18.2. The van der Waals surface area contributed by atoms with E-state index in [9.17, 15) is 4.79 Å². The van der Waals surface area contributed by atoms with E-state index in [-0.39, 0.29) is 11.9 Å². The quantitative estimate of drug-likeness (QED) is 0.751. The number of amides is 1. The number of carbonyl (C=O) groups excluding carboxylic acids is 1. The Hall–Kier alpha value is -2.22. The summed E-state index contributed by atoms with van der Waals surface area (Å²) >= 11 is 0. The fourth-order valence-electron chi connectivity index (χ4n) is 3.09. The Morgan fingerprint density at radius 1 is 1.46 bits per heavy atom. The second-order valence-electron chi connectivity index (χ2n) is 6.12. The van der Waals surface area contributed by atoms with Crippen LogP contribution in [0, 0.1) is 0 Å². The van der Waals surface area contributed by atoms with Crippen LogP contribution in [0.1, 0.15) is 31.9 Å². The van der Waals surface area contributed by atoms with Crippen molar-refractivity contribution >= 4 is 5.91 Å². The lowest BCUT2D eigenvalue weighted by Gasteiger charge is -2.27. The summed E-state index contributed by atoms with van der Waals surface area (Å²) in [7, 11) is 0. The second kappa shape index (κ2) is 7.57. The third-order valence-corrected chi connectivity index (χ3v) is 4.46. The summed E-state index contributed by atoms with van der Waals surface area (Å²) < 4.78 is 7.49. The highest BCUT2D eigenvalue weighted by Gasteiger charge is 2.30. The third kappa shape index (κ3) is 4.00. The molecule has 1 atom stereocenters. The standard InChI is InChI=1S/C16H24N6O2/c1-3-15-8-18-16(24-15)10-22(13(2)23)14-4-5-20(9-14)6-7-21-12-17-11-19-21/h8,11-12,14H,3-7,9-10H2,1-2H3. The van der Waals surface area contributed by atoms with Gasteiger partial charge in [-0.05, 0) is 6.42 Å². The van der Waals surface area contributed by atoms with Gasteiger partial charge in [-0.15, -0.1) is 0 Å². The first kappa shape index (κ1) is 16.6. The van der Waals surface area contributed by atoms with Gasteiger partial charge in [-0.1, -0.05) is 6.92 Å². The van der Waals surface area contributed by atoms with Gasteiger partial charge in [0.2, 0.25) is 11.8 Å². The van der Waals surface area contributed by atoms with Crippen molar-refractivity contribution in [2.75, 3.05) is 19.6 Å². The van der Waals surface area contributed by atoms with Crippen LogP contribution in [-0.4, -0.2) is 61.1 Å². The lowest BCUT2D eigenvalue weighted by Crippen LogP contribution is -2.40. The zero-order chi connectivity index (χ0) is 16.9. The molecule has 3 rings (SSSR count). The van der Waals surface area contributed by atoms with Gasteiger partial charge in [0.25, 0.3) is 0 Å². The van der Waals surface area contributed by atoms with Crippen LogP contribution in [0.3, 0.4) is 0 Å². The summed E-state index contributed by atoms with van der Waals surface area (Å²) in [4.78, 5) is 24.5. The first-order valence-electron chi connectivity index (χ1n) is 8.41. The van der Waals surface area contributed by atoms with Gasteiger partial charge < -0.3 is 9.32 Å². The molecule has 2 aromatic heterocycles. The minimum atomic E-state index is 0.0642. The van der Waals surface area contributed by atoms with Crippen molar-refractivity contribution in [1.29, 1.82) is 0 Å². The van der Waals surface area contributed by atoms with Gasteiger partial charge in [0.05, 0.1) is 19.3 Å². The molecule has 0 bridgehead atoms. The fourth-order valence-corrected chi connectivity index (χ4v) is 3.09. The van der Waals surface area contributed by atoms with Gasteiger partial charge in [-0.3, -0.25) is 14.4 Å². The zero-order valence-electron chi connectivity index (χ0n) is 14.3. The molecule has 0 radical (unpaired) electrons. The van der Waals surface area contributed by atoms with Gasteiger partial charge >= 0.3 is 0 Å². The Labute approximate surface area is 141 Å². The van der Waals surface area contributed by atoms with Crippen LogP contribution in [-0.2, 0) is 24.3 Å². The molecule has 0 aromatic carbocycles. The number of aryl methyl sites for hydroxylation is 1. The molecule has 1 aliphatic rings. The molecule has 8 heteroatoms. The average Bonchev–Trinajstić information content (AvgIpc) is 3.31. The first-order valence-corrected chi connectivity index (χ1v) is 8.41. The van der Waals surface area contributed by atoms with E-state index >= 15 is 0 Å². The van der Waals surface area contributed by atoms with E-state index in [1.807, 2.05) is 16.5 Å². The van der Waals surface area contributed by atoms with E-state index in [1.165, 1.54) is 0 Å². The first-order chi connectivity index (χ1) is 11.7. The Balaban J connectivity index is 1.55. The van der Waals surface area contributed by atoms with Crippen LogP contribution >= 0.6 is 0 Å². The van der Waals surface area contributed by atoms with Crippen LogP contribution < -0.4 is 0 Å². The lowest BCUT2D eigenvalue weighted by molar-refractivity contribution is -0.132. The van der Waals surface area contributed by atoms with E-state index in [0.717, 1.165) is 44.8 Å². The van der Waals surface area contributed by atoms with Gasteiger partial charge in [0.15, 0.2) is 0 Å². The number of rotatable bonds is 7.